The van der Waals surface area contributed by atoms with Gasteiger partial charge in [-0.15, -0.1) is 0 Å². The number of nitrogen functional groups attached to an aromatic ring is 1. The van der Waals surface area contributed by atoms with Gasteiger partial charge in [-0.25, -0.2) is 18.7 Å². The Kier molecular flexibility index (Phi) is 2.63. The van der Waals surface area contributed by atoms with E-state index >= 15 is 0 Å². The lowest BCUT2D eigenvalue weighted by molar-refractivity contribution is 0.382. The topological polar surface area (TPSA) is 61.0 Å². The van der Waals surface area contributed by atoms with E-state index in [0.29, 0.717) is 5.69 Å². The summed E-state index contributed by atoms with van der Waals surface area (Å²) in [6, 6.07) is 3.23. The molecule has 0 aliphatic heterocycles. The van der Waals surface area contributed by atoms with Crippen LogP contribution in [-0.4, -0.2) is 9.97 Å². The Morgan fingerprint density at radius 3 is 2.19 bits per heavy atom. The monoisotopic (exact) mass is 223 g/mol. The van der Waals surface area contributed by atoms with Crippen LogP contribution in [0.1, 0.15) is 0 Å². The summed E-state index contributed by atoms with van der Waals surface area (Å²) in [6.45, 7) is 0. The summed E-state index contributed by atoms with van der Waals surface area (Å²) in [7, 11) is 0. The van der Waals surface area contributed by atoms with E-state index in [4.69, 9.17) is 10.5 Å². The Bertz CT molecular complexity index is 482. The smallest absolute Gasteiger partial charge is 0.322 e. The molecular formula is C10H7F2N3O. The van der Waals surface area contributed by atoms with Gasteiger partial charge in [-0.2, -0.15) is 0 Å². The van der Waals surface area contributed by atoms with Crippen molar-refractivity contribution in [3.05, 3.63) is 42.2 Å². The molecule has 0 spiro atoms. The van der Waals surface area contributed by atoms with Crippen molar-refractivity contribution in [3.8, 4) is 11.8 Å². The molecule has 0 unspecified atom stereocenters. The van der Waals surface area contributed by atoms with Crippen LogP contribution in [0.25, 0.3) is 0 Å². The average Bonchev–Trinajstić information content (AvgIpc) is 2.26. The number of nitrogens with two attached hydrogens (primary N) is 1. The van der Waals surface area contributed by atoms with Gasteiger partial charge in [-0.1, -0.05) is 6.07 Å². The SMILES string of the molecule is Nc1cnc(Oc2c(F)cccc2F)nc1. The predicted molar refractivity (Wildman–Crippen MR) is 52.9 cm³/mol. The third-order valence-corrected chi connectivity index (χ3v) is 1.76. The van der Waals surface area contributed by atoms with Crippen LogP contribution >= 0.6 is 0 Å². The fourth-order valence-corrected chi connectivity index (χ4v) is 1.05. The molecular weight excluding hydrogens is 216 g/mol. The van der Waals surface area contributed by atoms with E-state index in [9.17, 15) is 8.78 Å². The highest BCUT2D eigenvalue weighted by Crippen LogP contribution is 2.24. The van der Waals surface area contributed by atoms with E-state index in [-0.39, 0.29) is 6.01 Å². The van der Waals surface area contributed by atoms with Crippen LogP contribution in [-0.2, 0) is 0 Å². The van der Waals surface area contributed by atoms with Gasteiger partial charge in [0.25, 0.3) is 0 Å². The number of benzene rings is 1. The van der Waals surface area contributed by atoms with Gasteiger partial charge in [-0.05, 0) is 12.1 Å². The fraction of sp³-hybridized carbons (Fsp3) is 0. The van der Waals surface area contributed by atoms with Crippen LogP contribution in [0.4, 0.5) is 14.5 Å². The number of ether oxygens (including phenoxy) is 1. The molecule has 16 heavy (non-hydrogen) atoms. The van der Waals surface area contributed by atoms with Crippen molar-refractivity contribution in [2.45, 2.75) is 0 Å². The fourth-order valence-electron chi connectivity index (χ4n) is 1.05. The van der Waals surface area contributed by atoms with Crippen LogP contribution in [0.3, 0.4) is 0 Å². The lowest BCUT2D eigenvalue weighted by atomic mass is 10.3. The number of para-hydroxylation sites is 1. The summed E-state index contributed by atoms with van der Waals surface area (Å²) in [6.07, 6.45) is 2.56. The van der Waals surface area contributed by atoms with Crippen molar-refractivity contribution < 1.29 is 13.5 Å². The van der Waals surface area contributed by atoms with Crippen LogP contribution in [0.2, 0.25) is 0 Å². The van der Waals surface area contributed by atoms with Crippen molar-refractivity contribution in [1.82, 2.24) is 9.97 Å². The molecule has 6 heteroatoms. The first kappa shape index (κ1) is 10.3. The second kappa shape index (κ2) is 4.09. The van der Waals surface area contributed by atoms with Gasteiger partial charge in [0.2, 0.25) is 5.75 Å². The molecule has 1 aromatic heterocycles. The highest BCUT2D eigenvalue weighted by Gasteiger charge is 2.11. The summed E-state index contributed by atoms with van der Waals surface area (Å²) < 4.78 is 31.2. The van der Waals surface area contributed by atoms with E-state index in [1.54, 1.807) is 0 Å². The van der Waals surface area contributed by atoms with Gasteiger partial charge in [0, 0.05) is 0 Å². The molecule has 82 valence electrons. The summed E-state index contributed by atoms with van der Waals surface area (Å²) in [4.78, 5) is 7.33. The molecule has 0 amide bonds. The highest BCUT2D eigenvalue weighted by atomic mass is 19.1. The van der Waals surface area contributed by atoms with Gasteiger partial charge in [-0.3, -0.25) is 0 Å². The lowest BCUT2D eigenvalue weighted by Gasteiger charge is -2.05. The summed E-state index contributed by atoms with van der Waals surface area (Å²) in [5, 5.41) is 0. The predicted octanol–water partition coefficient (Wildman–Crippen LogP) is 2.13. The lowest BCUT2D eigenvalue weighted by Crippen LogP contribution is -1.97. The zero-order valence-corrected chi connectivity index (χ0v) is 8.02. The van der Waals surface area contributed by atoms with Crippen LogP contribution in [0, 0.1) is 11.6 Å². The molecule has 2 rings (SSSR count). The first-order valence-electron chi connectivity index (χ1n) is 4.36. The third-order valence-electron chi connectivity index (χ3n) is 1.76. The van der Waals surface area contributed by atoms with Crippen LogP contribution in [0.15, 0.2) is 30.6 Å². The minimum Gasteiger partial charge on any atom is -0.418 e. The number of halogens is 2. The standard InChI is InChI=1S/C10H7F2N3O/c11-7-2-1-3-8(12)9(7)16-10-14-4-6(13)5-15-10/h1-5H,13H2. The summed E-state index contributed by atoms with van der Waals surface area (Å²) in [5.74, 6) is -2.17. The molecule has 1 heterocycles. The second-order valence-corrected chi connectivity index (χ2v) is 2.95. The Labute approximate surface area is 89.7 Å². The second-order valence-electron chi connectivity index (χ2n) is 2.95. The molecule has 0 atom stereocenters. The van der Waals surface area contributed by atoms with Crippen molar-refractivity contribution >= 4 is 5.69 Å². The molecule has 2 N–H and O–H groups in total. The molecule has 0 bridgehead atoms. The largest absolute Gasteiger partial charge is 0.418 e. The van der Waals surface area contributed by atoms with E-state index in [1.807, 2.05) is 0 Å². The number of anilines is 1. The minimum atomic E-state index is -0.819. The average molecular weight is 223 g/mol. The van der Waals surface area contributed by atoms with Gasteiger partial charge < -0.3 is 10.5 Å². The molecule has 2 aromatic rings. The molecule has 0 radical (unpaired) electrons. The normalized spacial score (nSPS) is 10.1. The maximum absolute atomic E-state index is 13.2. The van der Waals surface area contributed by atoms with Crippen LogP contribution in [0.5, 0.6) is 11.8 Å². The maximum Gasteiger partial charge on any atom is 0.322 e. The van der Waals surface area contributed by atoms with Crippen molar-refractivity contribution in [2.75, 3.05) is 5.73 Å². The highest BCUT2D eigenvalue weighted by molar-refractivity contribution is 5.33. The summed E-state index contributed by atoms with van der Waals surface area (Å²) in [5.41, 5.74) is 5.69. The number of aromatic nitrogens is 2. The Morgan fingerprint density at radius 1 is 1.06 bits per heavy atom. The summed E-state index contributed by atoms with van der Waals surface area (Å²) >= 11 is 0. The Hall–Kier alpha value is -2.24. The molecule has 0 saturated heterocycles. The first-order valence-corrected chi connectivity index (χ1v) is 4.36. The van der Waals surface area contributed by atoms with Crippen molar-refractivity contribution in [1.29, 1.82) is 0 Å². The van der Waals surface area contributed by atoms with E-state index in [1.165, 1.54) is 18.5 Å². The molecule has 0 fully saturated rings. The zero-order valence-electron chi connectivity index (χ0n) is 8.02. The molecule has 0 saturated carbocycles. The van der Waals surface area contributed by atoms with E-state index in [0.717, 1.165) is 12.1 Å². The first-order chi connectivity index (χ1) is 7.66. The molecule has 4 nitrogen and oxygen atoms in total. The third kappa shape index (κ3) is 2.05. The Balaban J connectivity index is 2.30. The van der Waals surface area contributed by atoms with E-state index in [2.05, 4.69) is 9.97 Å². The maximum atomic E-state index is 13.2. The number of nitrogens with zero attached hydrogens (tertiary/aromatic N) is 2. The van der Waals surface area contributed by atoms with Gasteiger partial charge in [0.1, 0.15) is 0 Å². The number of hydrogen-bond donors (Lipinski definition) is 1. The van der Waals surface area contributed by atoms with Gasteiger partial charge in [0.15, 0.2) is 11.6 Å². The molecule has 1 aromatic carbocycles. The van der Waals surface area contributed by atoms with Crippen molar-refractivity contribution in [3.63, 3.8) is 0 Å². The number of rotatable bonds is 2. The van der Waals surface area contributed by atoms with Crippen molar-refractivity contribution in [2.24, 2.45) is 0 Å². The van der Waals surface area contributed by atoms with Gasteiger partial charge >= 0.3 is 6.01 Å². The minimum absolute atomic E-state index is 0.168. The Morgan fingerprint density at radius 2 is 1.62 bits per heavy atom. The molecule has 0 aliphatic carbocycles. The number of hydrogen-bond acceptors (Lipinski definition) is 4. The molecule has 0 aliphatic rings. The van der Waals surface area contributed by atoms with Gasteiger partial charge in [0.05, 0.1) is 18.1 Å². The quantitative estimate of drug-likeness (QED) is 0.847. The van der Waals surface area contributed by atoms with E-state index < -0.39 is 17.4 Å². The zero-order chi connectivity index (χ0) is 11.5. The van der Waals surface area contributed by atoms with Crippen LogP contribution < -0.4 is 10.5 Å².